The quantitative estimate of drug-likeness (QED) is 0.845. The lowest BCUT2D eigenvalue weighted by Crippen LogP contribution is -2.29. The Bertz CT molecular complexity index is 920. The number of nitrogens with zero attached hydrogens (tertiary/aromatic N) is 2. The molecular formula is C18H23N3O3S2. The molecule has 0 saturated carbocycles. The Kier molecular flexibility index (Phi) is 5.45. The van der Waals surface area contributed by atoms with Crippen molar-refractivity contribution in [2.75, 3.05) is 18.4 Å². The standard InChI is InChI=1S/C18H23N3O3S2/c1-4-21-9-8-15-16(11-21)25-18(19-15)20-17(22)13-6-5-7-14(10-13)26(23,24)12(2)3/h5-7,10,12H,4,8-9,11H2,1-3H3,(H,19,20,22). The minimum atomic E-state index is -3.42. The molecule has 0 atom stereocenters. The number of fused-ring (bicyclic) bond motifs is 1. The lowest BCUT2D eigenvalue weighted by molar-refractivity contribution is 0.102. The fourth-order valence-corrected chi connectivity index (χ4v) is 4.98. The van der Waals surface area contributed by atoms with Crippen LogP contribution in [-0.2, 0) is 22.8 Å². The molecule has 0 saturated heterocycles. The van der Waals surface area contributed by atoms with Gasteiger partial charge in [0.25, 0.3) is 5.91 Å². The highest BCUT2D eigenvalue weighted by atomic mass is 32.2. The molecule has 0 unspecified atom stereocenters. The van der Waals surface area contributed by atoms with E-state index in [1.165, 1.54) is 28.3 Å². The van der Waals surface area contributed by atoms with Crippen molar-refractivity contribution in [2.24, 2.45) is 0 Å². The van der Waals surface area contributed by atoms with Crippen molar-refractivity contribution in [1.82, 2.24) is 9.88 Å². The number of nitrogens with one attached hydrogen (secondary N) is 1. The summed E-state index contributed by atoms with van der Waals surface area (Å²) in [7, 11) is -3.42. The molecule has 26 heavy (non-hydrogen) atoms. The Balaban J connectivity index is 1.78. The van der Waals surface area contributed by atoms with Gasteiger partial charge in [0.1, 0.15) is 0 Å². The van der Waals surface area contributed by atoms with Gasteiger partial charge >= 0.3 is 0 Å². The van der Waals surface area contributed by atoms with E-state index in [-0.39, 0.29) is 10.8 Å². The van der Waals surface area contributed by atoms with Crippen LogP contribution in [0.5, 0.6) is 0 Å². The molecule has 6 nitrogen and oxygen atoms in total. The number of likely N-dealkylation sites (N-methyl/N-ethyl adjacent to an activating group) is 1. The van der Waals surface area contributed by atoms with Crippen LogP contribution in [0.3, 0.4) is 0 Å². The number of anilines is 1. The molecule has 1 N–H and O–H groups in total. The van der Waals surface area contributed by atoms with Crippen LogP contribution in [0.25, 0.3) is 0 Å². The minimum Gasteiger partial charge on any atom is -0.298 e. The monoisotopic (exact) mass is 393 g/mol. The first-order valence-corrected chi connectivity index (χ1v) is 11.0. The van der Waals surface area contributed by atoms with E-state index in [1.54, 1.807) is 26.0 Å². The normalized spacial score (nSPS) is 15.1. The highest BCUT2D eigenvalue weighted by molar-refractivity contribution is 7.92. The van der Waals surface area contributed by atoms with Gasteiger partial charge in [-0.1, -0.05) is 13.0 Å². The molecule has 1 aromatic carbocycles. The summed E-state index contributed by atoms with van der Waals surface area (Å²) in [5.41, 5.74) is 1.36. The fourth-order valence-electron chi connectivity index (χ4n) is 2.83. The first-order chi connectivity index (χ1) is 12.3. The topological polar surface area (TPSA) is 79.4 Å². The molecule has 1 aliphatic rings. The Morgan fingerprint density at radius 1 is 1.38 bits per heavy atom. The Morgan fingerprint density at radius 2 is 2.15 bits per heavy atom. The summed E-state index contributed by atoms with van der Waals surface area (Å²) in [5.74, 6) is -0.343. The predicted octanol–water partition coefficient (Wildman–Crippen LogP) is 2.96. The van der Waals surface area contributed by atoms with Crippen LogP contribution < -0.4 is 5.32 Å². The van der Waals surface area contributed by atoms with Gasteiger partial charge in [0.05, 0.1) is 15.8 Å². The summed E-state index contributed by atoms with van der Waals surface area (Å²) >= 11 is 1.49. The molecule has 2 heterocycles. The number of thiazole rings is 1. The third-order valence-corrected chi connectivity index (χ3v) is 7.67. The van der Waals surface area contributed by atoms with Crippen molar-refractivity contribution in [3.05, 3.63) is 40.4 Å². The zero-order chi connectivity index (χ0) is 18.9. The van der Waals surface area contributed by atoms with E-state index in [2.05, 4.69) is 22.1 Å². The van der Waals surface area contributed by atoms with Crippen LogP contribution in [0, 0.1) is 0 Å². The highest BCUT2D eigenvalue weighted by Crippen LogP contribution is 2.28. The lowest BCUT2D eigenvalue weighted by Gasteiger charge is -2.23. The Morgan fingerprint density at radius 3 is 2.85 bits per heavy atom. The van der Waals surface area contributed by atoms with Gasteiger partial charge in [0.15, 0.2) is 15.0 Å². The second kappa shape index (κ2) is 7.46. The van der Waals surface area contributed by atoms with E-state index < -0.39 is 15.1 Å². The number of sulfone groups is 1. The molecule has 1 aromatic heterocycles. The molecule has 8 heteroatoms. The average Bonchev–Trinajstić information content (AvgIpc) is 3.02. The smallest absolute Gasteiger partial charge is 0.257 e. The predicted molar refractivity (Wildman–Crippen MR) is 103 cm³/mol. The van der Waals surface area contributed by atoms with Crippen LogP contribution in [0.4, 0.5) is 5.13 Å². The van der Waals surface area contributed by atoms with Crippen molar-refractivity contribution in [3.63, 3.8) is 0 Å². The van der Waals surface area contributed by atoms with Gasteiger partial charge < -0.3 is 0 Å². The number of carbonyl (C=O) groups is 1. The van der Waals surface area contributed by atoms with Gasteiger partial charge in [-0.3, -0.25) is 15.0 Å². The van der Waals surface area contributed by atoms with Crippen LogP contribution >= 0.6 is 11.3 Å². The number of benzene rings is 1. The number of hydrogen-bond donors (Lipinski definition) is 1. The summed E-state index contributed by atoms with van der Waals surface area (Å²) in [6, 6.07) is 6.15. The second-order valence-corrected chi connectivity index (χ2v) is 10.2. The van der Waals surface area contributed by atoms with E-state index in [4.69, 9.17) is 0 Å². The maximum atomic E-state index is 12.5. The Labute approximate surface area is 158 Å². The zero-order valence-corrected chi connectivity index (χ0v) is 16.8. The van der Waals surface area contributed by atoms with Gasteiger partial charge in [-0.2, -0.15) is 0 Å². The molecule has 0 radical (unpaired) electrons. The fraction of sp³-hybridized carbons (Fsp3) is 0.444. The molecule has 0 fully saturated rings. The van der Waals surface area contributed by atoms with Crippen LogP contribution in [-0.4, -0.2) is 42.5 Å². The third-order valence-electron chi connectivity index (χ3n) is 4.52. The number of amides is 1. The van der Waals surface area contributed by atoms with Crippen molar-refractivity contribution >= 4 is 32.2 Å². The summed E-state index contributed by atoms with van der Waals surface area (Å²) in [6.07, 6.45) is 0.887. The van der Waals surface area contributed by atoms with Gasteiger partial charge in [-0.15, -0.1) is 11.3 Å². The van der Waals surface area contributed by atoms with E-state index >= 15 is 0 Å². The summed E-state index contributed by atoms with van der Waals surface area (Å²) in [6.45, 7) is 8.23. The zero-order valence-electron chi connectivity index (χ0n) is 15.2. The SMILES string of the molecule is CCN1CCc2nc(NC(=O)c3cccc(S(=O)(=O)C(C)C)c3)sc2C1. The van der Waals surface area contributed by atoms with E-state index in [0.717, 1.165) is 31.7 Å². The third kappa shape index (κ3) is 3.82. The molecule has 140 valence electrons. The van der Waals surface area contributed by atoms with Crippen LogP contribution in [0.15, 0.2) is 29.2 Å². The molecule has 2 aromatic rings. The molecule has 0 spiro atoms. The van der Waals surface area contributed by atoms with E-state index in [1.807, 2.05) is 0 Å². The average molecular weight is 394 g/mol. The molecule has 1 amide bonds. The van der Waals surface area contributed by atoms with Gasteiger partial charge in [-0.05, 0) is 38.6 Å². The van der Waals surface area contributed by atoms with E-state index in [0.29, 0.717) is 10.7 Å². The number of hydrogen-bond acceptors (Lipinski definition) is 6. The van der Waals surface area contributed by atoms with E-state index in [9.17, 15) is 13.2 Å². The molecule has 1 aliphatic heterocycles. The summed E-state index contributed by atoms with van der Waals surface area (Å²) in [4.78, 5) is 20.8. The Hall–Kier alpha value is -1.77. The maximum absolute atomic E-state index is 12.5. The van der Waals surface area contributed by atoms with Crippen molar-refractivity contribution in [1.29, 1.82) is 0 Å². The van der Waals surface area contributed by atoms with Gasteiger partial charge in [-0.25, -0.2) is 13.4 Å². The lowest BCUT2D eigenvalue weighted by atomic mass is 10.2. The number of aromatic nitrogens is 1. The molecular weight excluding hydrogens is 370 g/mol. The number of rotatable bonds is 5. The first-order valence-electron chi connectivity index (χ1n) is 8.67. The van der Waals surface area contributed by atoms with Crippen LogP contribution in [0.1, 0.15) is 41.7 Å². The molecule has 0 aliphatic carbocycles. The minimum absolute atomic E-state index is 0.164. The van der Waals surface area contributed by atoms with Crippen molar-refractivity contribution < 1.29 is 13.2 Å². The summed E-state index contributed by atoms with van der Waals surface area (Å²) in [5, 5.41) is 2.84. The molecule has 0 bridgehead atoms. The van der Waals surface area contributed by atoms with Gasteiger partial charge in [0.2, 0.25) is 0 Å². The van der Waals surface area contributed by atoms with Crippen LogP contribution in [0.2, 0.25) is 0 Å². The van der Waals surface area contributed by atoms with Crippen molar-refractivity contribution in [3.8, 4) is 0 Å². The molecule has 3 rings (SSSR count). The highest BCUT2D eigenvalue weighted by Gasteiger charge is 2.22. The summed E-state index contributed by atoms with van der Waals surface area (Å²) < 4.78 is 24.6. The van der Waals surface area contributed by atoms with Gasteiger partial charge in [0, 0.05) is 30.0 Å². The number of carbonyl (C=O) groups excluding carboxylic acids is 1. The largest absolute Gasteiger partial charge is 0.298 e. The van der Waals surface area contributed by atoms with Crippen molar-refractivity contribution in [2.45, 2.75) is 43.9 Å². The maximum Gasteiger partial charge on any atom is 0.257 e. The first kappa shape index (κ1) is 19.0. The second-order valence-electron chi connectivity index (χ2n) is 6.58.